The summed E-state index contributed by atoms with van der Waals surface area (Å²) in [5.41, 5.74) is 0.307. The Morgan fingerprint density at radius 3 is 2.64 bits per heavy atom. The molecule has 1 unspecified atom stereocenters. The molecule has 5 nitrogen and oxygen atoms in total. The van der Waals surface area contributed by atoms with Crippen LogP contribution in [0.5, 0.6) is 0 Å². The summed E-state index contributed by atoms with van der Waals surface area (Å²) in [6.45, 7) is 1.54. The van der Waals surface area contributed by atoms with Crippen LogP contribution < -0.4 is 0 Å². The van der Waals surface area contributed by atoms with Gasteiger partial charge in [-0.1, -0.05) is 6.07 Å². The van der Waals surface area contributed by atoms with Crippen LogP contribution in [0.3, 0.4) is 0 Å². The molecular formula is C16H18FNO4S3. The van der Waals surface area contributed by atoms with E-state index in [2.05, 4.69) is 0 Å². The van der Waals surface area contributed by atoms with E-state index in [-0.39, 0.29) is 30.2 Å². The zero-order chi connectivity index (χ0) is 18.2. The van der Waals surface area contributed by atoms with E-state index in [9.17, 15) is 21.2 Å². The molecule has 2 aromatic rings. The van der Waals surface area contributed by atoms with Crippen molar-refractivity contribution in [1.29, 1.82) is 0 Å². The minimum absolute atomic E-state index is 0.0147. The number of nitrogens with zero attached hydrogens (tertiary/aromatic N) is 1. The molecule has 0 spiro atoms. The van der Waals surface area contributed by atoms with E-state index < -0.39 is 30.9 Å². The smallest absolute Gasteiger partial charge is 0.228 e. The van der Waals surface area contributed by atoms with Crippen molar-refractivity contribution >= 4 is 31.2 Å². The number of hydrogen-bond acceptors (Lipinski definition) is 5. The van der Waals surface area contributed by atoms with Crippen LogP contribution >= 0.6 is 11.3 Å². The normalized spacial score (nSPS) is 21.8. The number of halogens is 1. The number of aryl methyl sites for hydroxylation is 1. The van der Waals surface area contributed by atoms with Crippen molar-refractivity contribution in [2.24, 2.45) is 0 Å². The quantitative estimate of drug-likeness (QED) is 0.790. The molecule has 1 aromatic carbocycles. The van der Waals surface area contributed by atoms with Gasteiger partial charge in [-0.3, -0.25) is 0 Å². The molecule has 0 radical (unpaired) electrons. The summed E-state index contributed by atoms with van der Waals surface area (Å²) in [5.74, 6) is -0.734. The predicted molar refractivity (Wildman–Crippen MR) is 95.4 cm³/mol. The zero-order valence-corrected chi connectivity index (χ0v) is 16.0. The average molecular weight is 404 g/mol. The van der Waals surface area contributed by atoms with Gasteiger partial charge in [-0.05, 0) is 48.6 Å². The second-order valence-corrected chi connectivity index (χ2v) is 11.2. The lowest BCUT2D eigenvalue weighted by atomic mass is 10.2. The maximum atomic E-state index is 13.3. The SMILES string of the molecule is Cc1cc(F)ccc1S(=O)(=O)N1CCC(c2cccs2)S(=O)(=O)CC1. The molecule has 1 aliphatic rings. The van der Waals surface area contributed by atoms with Crippen molar-refractivity contribution in [1.82, 2.24) is 4.31 Å². The Bertz CT molecular complexity index is 969. The molecule has 1 aliphatic heterocycles. The van der Waals surface area contributed by atoms with Gasteiger partial charge in [0.25, 0.3) is 0 Å². The van der Waals surface area contributed by atoms with Crippen LogP contribution in [0.15, 0.2) is 40.6 Å². The van der Waals surface area contributed by atoms with Crippen LogP contribution in [0.1, 0.15) is 22.1 Å². The highest BCUT2D eigenvalue weighted by Crippen LogP contribution is 2.34. The number of thiophene rings is 1. The molecule has 1 aromatic heterocycles. The van der Waals surface area contributed by atoms with Gasteiger partial charge in [0.2, 0.25) is 10.0 Å². The maximum absolute atomic E-state index is 13.3. The van der Waals surface area contributed by atoms with Crippen LogP contribution in [0.25, 0.3) is 0 Å². The third kappa shape index (κ3) is 3.64. The van der Waals surface area contributed by atoms with E-state index in [1.807, 2.05) is 5.38 Å². The van der Waals surface area contributed by atoms with Crippen molar-refractivity contribution in [3.63, 3.8) is 0 Å². The molecule has 2 heterocycles. The lowest BCUT2D eigenvalue weighted by molar-refractivity contribution is 0.428. The molecule has 0 aliphatic carbocycles. The summed E-state index contributed by atoms with van der Waals surface area (Å²) < 4.78 is 65.3. The molecule has 0 amide bonds. The molecule has 0 N–H and O–H groups in total. The van der Waals surface area contributed by atoms with E-state index in [4.69, 9.17) is 0 Å². The number of benzene rings is 1. The van der Waals surface area contributed by atoms with Crippen molar-refractivity contribution < 1.29 is 21.2 Å². The summed E-state index contributed by atoms with van der Waals surface area (Å²) in [7, 11) is -7.30. The number of rotatable bonds is 3. The van der Waals surface area contributed by atoms with Gasteiger partial charge in [0.05, 0.1) is 15.9 Å². The largest absolute Gasteiger partial charge is 0.243 e. The van der Waals surface area contributed by atoms with Gasteiger partial charge in [-0.15, -0.1) is 11.3 Å². The first kappa shape index (κ1) is 18.5. The monoisotopic (exact) mass is 403 g/mol. The van der Waals surface area contributed by atoms with Crippen LogP contribution in [-0.4, -0.2) is 40.0 Å². The standard InChI is InChI=1S/C16H18FNO4S3/c1-12-11-13(17)4-5-15(12)25(21,22)18-7-6-16(14-3-2-9-23-14)24(19,20)10-8-18/h2-5,9,11,16H,6-8,10H2,1H3. The van der Waals surface area contributed by atoms with E-state index in [1.54, 1.807) is 12.1 Å². The van der Waals surface area contributed by atoms with Crippen molar-refractivity contribution in [2.75, 3.05) is 18.8 Å². The number of sulfonamides is 1. The molecule has 1 saturated heterocycles. The molecule has 0 saturated carbocycles. The molecule has 1 fully saturated rings. The second kappa shape index (κ2) is 6.79. The fourth-order valence-electron chi connectivity index (χ4n) is 3.00. The molecule has 3 rings (SSSR count). The fraction of sp³-hybridized carbons (Fsp3) is 0.375. The first-order valence-electron chi connectivity index (χ1n) is 7.73. The summed E-state index contributed by atoms with van der Waals surface area (Å²) in [6.07, 6.45) is 0.211. The Kier molecular flexibility index (Phi) is 5.02. The highest BCUT2D eigenvalue weighted by Gasteiger charge is 2.36. The number of hydrogen-bond donors (Lipinski definition) is 0. The van der Waals surface area contributed by atoms with Gasteiger partial charge in [0.1, 0.15) is 5.82 Å². The highest BCUT2D eigenvalue weighted by molar-refractivity contribution is 7.92. The topological polar surface area (TPSA) is 71.5 Å². The second-order valence-electron chi connectivity index (χ2n) is 5.97. The summed E-state index contributed by atoms with van der Waals surface area (Å²) in [6, 6.07) is 7.05. The molecule has 1 atom stereocenters. The summed E-state index contributed by atoms with van der Waals surface area (Å²) in [5, 5.41) is 1.13. The van der Waals surface area contributed by atoms with Crippen molar-refractivity contribution in [2.45, 2.75) is 23.5 Å². The Balaban J connectivity index is 1.92. The lowest BCUT2D eigenvalue weighted by Crippen LogP contribution is -2.34. The molecule has 0 bridgehead atoms. The van der Waals surface area contributed by atoms with E-state index in [0.717, 1.165) is 17.0 Å². The van der Waals surface area contributed by atoms with Gasteiger partial charge < -0.3 is 0 Å². The van der Waals surface area contributed by atoms with Crippen molar-refractivity contribution in [3.05, 3.63) is 52.0 Å². The highest BCUT2D eigenvalue weighted by atomic mass is 32.2. The van der Waals surface area contributed by atoms with Crippen LogP contribution in [0.4, 0.5) is 4.39 Å². The molecular weight excluding hydrogens is 385 g/mol. The van der Waals surface area contributed by atoms with Gasteiger partial charge >= 0.3 is 0 Å². The number of sulfone groups is 1. The Labute approximate surface area is 151 Å². The summed E-state index contributed by atoms with van der Waals surface area (Å²) in [4.78, 5) is 0.748. The fourth-order valence-corrected chi connectivity index (χ4v) is 7.78. The van der Waals surface area contributed by atoms with Gasteiger partial charge in [-0.2, -0.15) is 4.31 Å². The first-order valence-corrected chi connectivity index (χ1v) is 11.8. The van der Waals surface area contributed by atoms with E-state index in [1.165, 1.54) is 28.6 Å². The third-order valence-corrected chi connectivity index (χ3v) is 9.62. The third-order valence-electron chi connectivity index (χ3n) is 4.31. The minimum atomic E-state index is -3.87. The van der Waals surface area contributed by atoms with E-state index in [0.29, 0.717) is 5.56 Å². The minimum Gasteiger partial charge on any atom is -0.228 e. The van der Waals surface area contributed by atoms with Gasteiger partial charge in [0, 0.05) is 18.0 Å². The maximum Gasteiger partial charge on any atom is 0.243 e. The van der Waals surface area contributed by atoms with Crippen molar-refractivity contribution in [3.8, 4) is 0 Å². The predicted octanol–water partition coefficient (Wildman–Crippen LogP) is 2.75. The average Bonchev–Trinajstić information content (AvgIpc) is 2.98. The summed E-state index contributed by atoms with van der Waals surface area (Å²) >= 11 is 1.36. The Morgan fingerprint density at radius 1 is 1.24 bits per heavy atom. The lowest BCUT2D eigenvalue weighted by Gasteiger charge is -2.20. The first-order chi connectivity index (χ1) is 11.7. The molecule has 136 valence electrons. The van der Waals surface area contributed by atoms with Crippen LogP contribution in [-0.2, 0) is 19.9 Å². The van der Waals surface area contributed by atoms with Gasteiger partial charge in [0.15, 0.2) is 9.84 Å². The van der Waals surface area contributed by atoms with Gasteiger partial charge in [-0.25, -0.2) is 21.2 Å². The zero-order valence-electron chi connectivity index (χ0n) is 13.6. The molecule has 25 heavy (non-hydrogen) atoms. The van der Waals surface area contributed by atoms with E-state index >= 15 is 0 Å². The Hall–Kier alpha value is -1.29. The van der Waals surface area contributed by atoms with Crippen LogP contribution in [0.2, 0.25) is 0 Å². The van der Waals surface area contributed by atoms with Crippen LogP contribution in [0, 0.1) is 12.7 Å². The Morgan fingerprint density at radius 2 is 2.00 bits per heavy atom. The molecule has 9 heteroatoms.